The maximum Gasteiger partial charge on any atom is 0.0601 e. The summed E-state index contributed by atoms with van der Waals surface area (Å²) in [6.45, 7) is 3.08. The zero-order valence-corrected chi connectivity index (χ0v) is 9.00. The Bertz CT molecular complexity index is 163. The quantitative estimate of drug-likeness (QED) is 0.737. The van der Waals surface area contributed by atoms with Gasteiger partial charge in [-0.15, -0.1) is 0 Å². The molecule has 1 saturated carbocycles. The molecule has 2 aliphatic rings. The molecule has 0 atom stereocenters. The van der Waals surface area contributed by atoms with Gasteiger partial charge in [0.15, 0.2) is 0 Å². The van der Waals surface area contributed by atoms with E-state index < -0.39 is 0 Å². The molecule has 82 valence electrons. The van der Waals surface area contributed by atoms with Gasteiger partial charge in [-0.3, -0.25) is 0 Å². The van der Waals surface area contributed by atoms with Crippen LogP contribution in [0.4, 0.5) is 0 Å². The van der Waals surface area contributed by atoms with E-state index in [-0.39, 0.29) is 0 Å². The van der Waals surface area contributed by atoms with E-state index in [0.717, 1.165) is 19.1 Å². The Kier molecular flexibility index (Phi) is 3.79. The first-order chi connectivity index (χ1) is 6.88. The lowest BCUT2D eigenvalue weighted by molar-refractivity contribution is 0.0129. The maximum absolute atomic E-state index is 5.33. The molecular weight excluding hydrogens is 178 g/mol. The first kappa shape index (κ1) is 10.4. The molecule has 2 fully saturated rings. The lowest BCUT2D eigenvalue weighted by atomic mass is 9.88. The minimum atomic E-state index is 0.516. The van der Waals surface area contributed by atoms with Crippen molar-refractivity contribution in [3.05, 3.63) is 0 Å². The van der Waals surface area contributed by atoms with E-state index in [1.54, 1.807) is 7.11 Å². The molecule has 3 heteroatoms. The Morgan fingerprint density at radius 2 is 2.00 bits per heavy atom. The monoisotopic (exact) mass is 199 g/mol. The molecule has 0 spiro atoms. The molecule has 1 saturated heterocycles. The molecule has 0 bridgehead atoms. The second-order valence-electron chi connectivity index (χ2n) is 4.49. The molecule has 0 radical (unpaired) electrons. The Labute approximate surface area is 86.2 Å². The number of nitrogens with one attached hydrogen (secondary N) is 1. The number of methoxy groups -OCH3 is 1. The number of ether oxygens (including phenoxy) is 2. The van der Waals surface area contributed by atoms with Crippen LogP contribution in [0, 0.1) is 5.92 Å². The predicted octanol–water partition coefficient (Wildman–Crippen LogP) is 1.18. The highest BCUT2D eigenvalue weighted by Crippen LogP contribution is 2.23. The van der Waals surface area contributed by atoms with Gasteiger partial charge in [0.1, 0.15) is 0 Å². The molecule has 14 heavy (non-hydrogen) atoms. The molecule has 0 aromatic carbocycles. The number of rotatable bonds is 4. The molecule has 1 aliphatic carbocycles. The summed E-state index contributed by atoms with van der Waals surface area (Å²) in [5.41, 5.74) is 0. The SMILES string of the molecule is COC1CC(NCC2CCOCC2)C1. The van der Waals surface area contributed by atoms with Crippen LogP contribution >= 0.6 is 0 Å². The third-order valence-electron chi connectivity index (χ3n) is 3.46. The largest absolute Gasteiger partial charge is 0.381 e. The van der Waals surface area contributed by atoms with E-state index in [9.17, 15) is 0 Å². The molecule has 1 heterocycles. The fourth-order valence-electron chi connectivity index (χ4n) is 2.21. The molecule has 0 amide bonds. The number of hydrogen-bond donors (Lipinski definition) is 1. The van der Waals surface area contributed by atoms with Crippen LogP contribution in [0.3, 0.4) is 0 Å². The summed E-state index contributed by atoms with van der Waals surface area (Å²) < 4.78 is 10.6. The van der Waals surface area contributed by atoms with E-state index in [1.165, 1.54) is 32.2 Å². The van der Waals surface area contributed by atoms with E-state index >= 15 is 0 Å². The zero-order valence-electron chi connectivity index (χ0n) is 9.00. The van der Waals surface area contributed by atoms with Crippen molar-refractivity contribution in [2.24, 2.45) is 5.92 Å². The Balaban J connectivity index is 1.54. The molecule has 1 N–H and O–H groups in total. The normalized spacial score (nSPS) is 34.1. The molecule has 1 aliphatic heterocycles. The van der Waals surface area contributed by atoms with Gasteiger partial charge >= 0.3 is 0 Å². The number of hydrogen-bond acceptors (Lipinski definition) is 3. The predicted molar refractivity (Wildman–Crippen MR) is 55.4 cm³/mol. The second-order valence-corrected chi connectivity index (χ2v) is 4.49. The van der Waals surface area contributed by atoms with Crippen molar-refractivity contribution >= 4 is 0 Å². The van der Waals surface area contributed by atoms with Gasteiger partial charge in [-0.1, -0.05) is 0 Å². The summed E-state index contributed by atoms with van der Waals surface area (Å²) in [4.78, 5) is 0. The van der Waals surface area contributed by atoms with Gasteiger partial charge in [0.2, 0.25) is 0 Å². The molecule has 0 aromatic rings. The van der Waals surface area contributed by atoms with Crippen molar-refractivity contribution in [2.75, 3.05) is 26.9 Å². The third-order valence-corrected chi connectivity index (χ3v) is 3.46. The van der Waals surface area contributed by atoms with Gasteiger partial charge in [0, 0.05) is 26.4 Å². The standard InChI is InChI=1S/C11H21NO2/c1-13-11-6-10(7-11)12-8-9-2-4-14-5-3-9/h9-12H,2-8H2,1H3. The van der Waals surface area contributed by atoms with Gasteiger partial charge in [0.05, 0.1) is 6.10 Å². The van der Waals surface area contributed by atoms with E-state index in [0.29, 0.717) is 12.1 Å². The lowest BCUT2D eigenvalue weighted by Crippen LogP contribution is -2.46. The van der Waals surface area contributed by atoms with Crippen molar-refractivity contribution in [1.82, 2.24) is 5.32 Å². The topological polar surface area (TPSA) is 30.5 Å². The van der Waals surface area contributed by atoms with Gasteiger partial charge in [-0.2, -0.15) is 0 Å². The van der Waals surface area contributed by atoms with Crippen molar-refractivity contribution in [1.29, 1.82) is 0 Å². The molecule has 0 aromatic heterocycles. The molecule has 3 nitrogen and oxygen atoms in total. The van der Waals surface area contributed by atoms with Crippen LogP contribution < -0.4 is 5.32 Å². The summed E-state index contributed by atoms with van der Waals surface area (Å²) in [6, 6.07) is 0.711. The summed E-state index contributed by atoms with van der Waals surface area (Å²) >= 11 is 0. The van der Waals surface area contributed by atoms with Crippen molar-refractivity contribution in [2.45, 2.75) is 37.8 Å². The Morgan fingerprint density at radius 3 is 2.64 bits per heavy atom. The second kappa shape index (κ2) is 5.10. The Hall–Kier alpha value is -0.120. The first-order valence-corrected chi connectivity index (χ1v) is 5.72. The summed E-state index contributed by atoms with van der Waals surface area (Å²) in [7, 11) is 1.80. The van der Waals surface area contributed by atoms with Gasteiger partial charge in [-0.05, 0) is 38.1 Å². The summed E-state index contributed by atoms with van der Waals surface area (Å²) in [6.07, 6.45) is 5.36. The van der Waals surface area contributed by atoms with Gasteiger partial charge < -0.3 is 14.8 Å². The lowest BCUT2D eigenvalue weighted by Gasteiger charge is -2.36. The van der Waals surface area contributed by atoms with E-state index in [2.05, 4.69) is 5.32 Å². The van der Waals surface area contributed by atoms with Crippen LogP contribution in [0.5, 0.6) is 0 Å². The van der Waals surface area contributed by atoms with Crippen LogP contribution in [-0.2, 0) is 9.47 Å². The van der Waals surface area contributed by atoms with Crippen LogP contribution in [0.2, 0.25) is 0 Å². The average molecular weight is 199 g/mol. The first-order valence-electron chi connectivity index (χ1n) is 5.72. The van der Waals surface area contributed by atoms with Crippen LogP contribution in [0.15, 0.2) is 0 Å². The van der Waals surface area contributed by atoms with E-state index in [1.807, 2.05) is 0 Å². The summed E-state index contributed by atoms with van der Waals surface area (Å²) in [5, 5.41) is 3.62. The van der Waals surface area contributed by atoms with Crippen LogP contribution in [0.1, 0.15) is 25.7 Å². The fourth-order valence-corrected chi connectivity index (χ4v) is 2.21. The highest BCUT2D eigenvalue weighted by atomic mass is 16.5. The smallest absolute Gasteiger partial charge is 0.0601 e. The van der Waals surface area contributed by atoms with Crippen molar-refractivity contribution in [3.63, 3.8) is 0 Å². The van der Waals surface area contributed by atoms with Gasteiger partial charge in [0.25, 0.3) is 0 Å². The zero-order chi connectivity index (χ0) is 9.80. The average Bonchev–Trinajstić information content (AvgIpc) is 2.17. The Morgan fingerprint density at radius 1 is 1.29 bits per heavy atom. The molecular formula is C11H21NO2. The fraction of sp³-hybridized carbons (Fsp3) is 1.00. The molecule has 0 unspecified atom stereocenters. The summed E-state index contributed by atoms with van der Waals surface area (Å²) in [5.74, 6) is 0.838. The van der Waals surface area contributed by atoms with Gasteiger partial charge in [-0.25, -0.2) is 0 Å². The molecule has 2 rings (SSSR count). The van der Waals surface area contributed by atoms with Crippen molar-refractivity contribution in [3.8, 4) is 0 Å². The van der Waals surface area contributed by atoms with Crippen LogP contribution in [0.25, 0.3) is 0 Å². The maximum atomic E-state index is 5.33. The highest BCUT2D eigenvalue weighted by molar-refractivity contribution is 4.86. The van der Waals surface area contributed by atoms with Crippen LogP contribution in [-0.4, -0.2) is 39.0 Å². The minimum Gasteiger partial charge on any atom is -0.381 e. The third kappa shape index (κ3) is 2.69. The van der Waals surface area contributed by atoms with E-state index in [4.69, 9.17) is 9.47 Å². The van der Waals surface area contributed by atoms with Crippen molar-refractivity contribution < 1.29 is 9.47 Å². The minimum absolute atomic E-state index is 0.516. The highest BCUT2D eigenvalue weighted by Gasteiger charge is 2.29.